The van der Waals surface area contributed by atoms with E-state index in [1.807, 2.05) is 30.9 Å². The van der Waals surface area contributed by atoms with Crippen LogP contribution in [0.3, 0.4) is 0 Å². The minimum absolute atomic E-state index is 0.0935. The van der Waals surface area contributed by atoms with E-state index in [0.717, 1.165) is 16.4 Å². The normalized spacial score (nSPS) is 10.6. The molecule has 0 aliphatic heterocycles. The Labute approximate surface area is 122 Å². The summed E-state index contributed by atoms with van der Waals surface area (Å²) in [5.74, 6) is -0.0935. The molecule has 1 N–H and O–H groups in total. The zero-order valence-corrected chi connectivity index (χ0v) is 12.7. The SMILES string of the molecule is CSc1ncccc1C(=O)NCCn1nc(C)cc1C. The van der Waals surface area contributed by atoms with Gasteiger partial charge in [0.05, 0.1) is 17.8 Å². The highest BCUT2D eigenvalue weighted by Crippen LogP contribution is 2.16. The maximum Gasteiger partial charge on any atom is 0.254 e. The summed E-state index contributed by atoms with van der Waals surface area (Å²) in [5, 5.41) is 8.01. The van der Waals surface area contributed by atoms with Gasteiger partial charge in [0, 0.05) is 18.4 Å². The van der Waals surface area contributed by atoms with Gasteiger partial charge in [-0.2, -0.15) is 5.10 Å². The van der Waals surface area contributed by atoms with Gasteiger partial charge in [0.25, 0.3) is 5.91 Å². The fraction of sp³-hybridized carbons (Fsp3) is 0.357. The van der Waals surface area contributed by atoms with Gasteiger partial charge < -0.3 is 5.32 Å². The summed E-state index contributed by atoms with van der Waals surface area (Å²) in [6.45, 7) is 5.18. The van der Waals surface area contributed by atoms with E-state index >= 15 is 0 Å². The predicted molar refractivity (Wildman–Crippen MR) is 80.1 cm³/mol. The molecule has 5 nitrogen and oxygen atoms in total. The van der Waals surface area contributed by atoms with Crippen molar-refractivity contribution in [1.29, 1.82) is 0 Å². The first-order valence-corrected chi connectivity index (χ1v) is 7.62. The Kier molecular flexibility index (Phi) is 4.79. The average Bonchev–Trinajstić information content (AvgIpc) is 2.77. The molecule has 2 heterocycles. The van der Waals surface area contributed by atoms with Crippen LogP contribution in [0.4, 0.5) is 0 Å². The molecule has 0 atom stereocenters. The lowest BCUT2D eigenvalue weighted by atomic mass is 10.2. The quantitative estimate of drug-likeness (QED) is 0.856. The van der Waals surface area contributed by atoms with Crippen LogP contribution >= 0.6 is 11.8 Å². The van der Waals surface area contributed by atoms with Crippen LogP contribution in [-0.2, 0) is 6.54 Å². The van der Waals surface area contributed by atoms with Crippen LogP contribution in [0.2, 0.25) is 0 Å². The molecule has 1 amide bonds. The smallest absolute Gasteiger partial charge is 0.254 e. The molecular formula is C14H18N4OS. The number of aromatic nitrogens is 3. The number of pyridine rings is 1. The van der Waals surface area contributed by atoms with Crippen molar-refractivity contribution >= 4 is 17.7 Å². The summed E-state index contributed by atoms with van der Waals surface area (Å²) in [6, 6.07) is 5.59. The number of rotatable bonds is 5. The number of nitrogens with zero attached hydrogens (tertiary/aromatic N) is 3. The largest absolute Gasteiger partial charge is 0.350 e. The van der Waals surface area contributed by atoms with E-state index in [1.165, 1.54) is 11.8 Å². The van der Waals surface area contributed by atoms with Crippen LogP contribution in [0.15, 0.2) is 29.4 Å². The number of hydrogen-bond acceptors (Lipinski definition) is 4. The van der Waals surface area contributed by atoms with E-state index in [4.69, 9.17) is 0 Å². The highest BCUT2D eigenvalue weighted by atomic mass is 32.2. The molecule has 0 aliphatic carbocycles. The molecule has 0 aromatic carbocycles. The molecule has 6 heteroatoms. The molecule has 0 aliphatic rings. The summed E-state index contributed by atoms with van der Waals surface area (Å²) in [7, 11) is 0. The molecule has 20 heavy (non-hydrogen) atoms. The highest BCUT2D eigenvalue weighted by Gasteiger charge is 2.11. The molecular weight excluding hydrogens is 272 g/mol. The van der Waals surface area contributed by atoms with Crippen molar-refractivity contribution in [3.8, 4) is 0 Å². The summed E-state index contributed by atoms with van der Waals surface area (Å²) < 4.78 is 1.90. The van der Waals surface area contributed by atoms with Gasteiger partial charge in [-0.15, -0.1) is 11.8 Å². The van der Waals surface area contributed by atoms with Crippen molar-refractivity contribution in [2.24, 2.45) is 0 Å². The van der Waals surface area contributed by atoms with Crippen LogP contribution in [-0.4, -0.2) is 33.5 Å². The van der Waals surface area contributed by atoms with Crippen molar-refractivity contribution in [2.75, 3.05) is 12.8 Å². The average molecular weight is 290 g/mol. The van der Waals surface area contributed by atoms with Crippen molar-refractivity contribution in [2.45, 2.75) is 25.4 Å². The fourth-order valence-electron chi connectivity index (χ4n) is 2.00. The van der Waals surface area contributed by atoms with E-state index in [0.29, 0.717) is 18.7 Å². The maximum atomic E-state index is 12.1. The van der Waals surface area contributed by atoms with Gasteiger partial charge in [-0.3, -0.25) is 9.48 Å². The Morgan fingerprint density at radius 2 is 2.25 bits per heavy atom. The third kappa shape index (κ3) is 3.39. The summed E-state index contributed by atoms with van der Waals surface area (Å²) in [5.41, 5.74) is 2.71. The lowest BCUT2D eigenvalue weighted by Crippen LogP contribution is -2.28. The van der Waals surface area contributed by atoms with Crippen molar-refractivity contribution < 1.29 is 4.79 Å². The predicted octanol–water partition coefficient (Wildman–Crippen LogP) is 2.05. The van der Waals surface area contributed by atoms with Gasteiger partial charge in [-0.05, 0) is 38.3 Å². The first kappa shape index (κ1) is 14.6. The van der Waals surface area contributed by atoms with Crippen LogP contribution in [0.25, 0.3) is 0 Å². The van der Waals surface area contributed by atoms with Gasteiger partial charge in [-0.1, -0.05) is 0 Å². The number of amides is 1. The minimum Gasteiger partial charge on any atom is -0.350 e. The Morgan fingerprint density at radius 1 is 1.45 bits per heavy atom. The number of thioether (sulfide) groups is 1. The molecule has 0 saturated heterocycles. The third-order valence-electron chi connectivity index (χ3n) is 2.92. The van der Waals surface area contributed by atoms with E-state index in [2.05, 4.69) is 15.4 Å². The summed E-state index contributed by atoms with van der Waals surface area (Å²) in [6.07, 6.45) is 3.60. The van der Waals surface area contributed by atoms with Gasteiger partial charge in [-0.25, -0.2) is 4.98 Å². The van der Waals surface area contributed by atoms with E-state index in [1.54, 1.807) is 18.3 Å². The van der Waals surface area contributed by atoms with E-state index in [9.17, 15) is 4.79 Å². The Morgan fingerprint density at radius 3 is 2.90 bits per heavy atom. The molecule has 2 aromatic heterocycles. The van der Waals surface area contributed by atoms with E-state index < -0.39 is 0 Å². The lowest BCUT2D eigenvalue weighted by molar-refractivity contribution is 0.0948. The lowest BCUT2D eigenvalue weighted by Gasteiger charge is -2.08. The number of nitrogens with one attached hydrogen (secondary N) is 1. The first-order chi connectivity index (χ1) is 9.61. The second-order valence-electron chi connectivity index (χ2n) is 4.47. The second-order valence-corrected chi connectivity index (χ2v) is 5.26. The molecule has 2 aromatic rings. The Hall–Kier alpha value is -1.82. The molecule has 0 unspecified atom stereocenters. The van der Waals surface area contributed by atoms with Gasteiger partial charge >= 0.3 is 0 Å². The van der Waals surface area contributed by atoms with Gasteiger partial charge in [0.15, 0.2) is 0 Å². The summed E-state index contributed by atoms with van der Waals surface area (Å²) in [4.78, 5) is 16.3. The Bertz CT molecular complexity index is 609. The third-order valence-corrected chi connectivity index (χ3v) is 3.63. The topological polar surface area (TPSA) is 59.8 Å². The van der Waals surface area contributed by atoms with Crippen molar-refractivity contribution in [1.82, 2.24) is 20.1 Å². The minimum atomic E-state index is -0.0935. The molecule has 0 spiro atoms. The molecule has 106 valence electrons. The zero-order valence-electron chi connectivity index (χ0n) is 11.9. The van der Waals surface area contributed by atoms with Crippen LogP contribution < -0.4 is 5.32 Å². The first-order valence-electron chi connectivity index (χ1n) is 6.40. The Balaban J connectivity index is 1.94. The fourth-order valence-corrected chi connectivity index (χ4v) is 2.55. The second kappa shape index (κ2) is 6.56. The van der Waals surface area contributed by atoms with Crippen molar-refractivity contribution in [3.05, 3.63) is 41.3 Å². The molecule has 0 saturated carbocycles. The monoisotopic (exact) mass is 290 g/mol. The number of aryl methyl sites for hydroxylation is 2. The van der Waals surface area contributed by atoms with Crippen LogP contribution in [0, 0.1) is 13.8 Å². The highest BCUT2D eigenvalue weighted by molar-refractivity contribution is 7.98. The standard InChI is InChI=1S/C14H18N4OS/c1-10-9-11(2)18(17-10)8-7-15-13(19)12-5-4-6-16-14(12)20-3/h4-6,9H,7-8H2,1-3H3,(H,15,19). The molecule has 0 radical (unpaired) electrons. The molecule has 0 fully saturated rings. The van der Waals surface area contributed by atoms with E-state index in [-0.39, 0.29) is 5.91 Å². The van der Waals surface area contributed by atoms with Crippen molar-refractivity contribution in [3.63, 3.8) is 0 Å². The zero-order chi connectivity index (χ0) is 14.5. The molecule has 0 bridgehead atoms. The van der Waals surface area contributed by atoms with Gasteiger partial charge in [0.2, 0.25) is 0 Å². The van der Waals surface area contributed by atoms with Crippen LogP contribution in [0.1, 0.15) is 21.7 Å². The molecule has 2 rings (SSSR count). The number of carbonyl (C=O) groups is 1. The maximum absolute atomic E-state index is 12.1. The summed E-state index contributed by atoms with van der Waals surface area (Å²) >= 11 is 1.47. The number of hydrogen-bond donors (Lipinski definition) is 1. The van der Waals surface area contributed by atoms with Gasteiger partial charge in [0.1, 0.15) is 5.03 Å². The number of carbonyl (C=O) groups excluding carboxylic acids is 1. The van der Waals surface area contributed by atoms with Crippen LogP contribution in [0.5, 0.6) is 0 Å².